The second-order valence-corrected chi connectivity index (χ2v) is 8.17. The number of carbonyl (C=O) groups is 1. The number of nitrogens with one attached hydrogen (secondary N) is 1. The van der Waals surface area contributed by atoms with E-state index >= 15 is 0 Å². The number of carbonyl (C=O) groups excluding carboxylic acids is 1. The Balaban J connectivity index is 1.57. The number of allylic oxidation sites excluding steroid dienone is 1. The van der Waals surface area contributed by atoms with Crippen LogP contribution in [0.3, 0.4) is 0 Å². The molecule has 0 radical (unpaired) electrons. The van der Waals surface area contributed by atoms with Crippen molar-refractivity contribution in [3.63, 3.8) is 0 Å². The lowest BCUT2D eigenvalue weighted by atomic mass is 9.96. The highest BCUT2D eigenvalue weighted by atomic mass is 19.1. The van der Waals surface area contributed by atoms with Crippen molar-refractivity contribution in [3.8, 4) is 16.9 Å². The number of methoxy groups -OCH3 is 1. The first-order chi connectivity index (χ1) is 16.9. The SMILES string of the molecule is COc1cc2occ(-c3cccc4ccccc34)c2cc1/C(C)=C/C(=O)Nc1cc(F)ccc1F. The molecule has 1 heterocycles. The zero-order valence-electron chi connectivity index (χ0n) is 19.1. The lowest BCUT2D eigenvalue weighted by Crippen LogP contribution is -2.10. The molecule has 0 spiro atoms. The predicted molar refractivity (Wildman–Crippen MR) is 134 cm³/mol. The third-order valence-electron chi connectivity index (χ3n) is 5.93. The van der Waals surface area contributed by atoms with Gasteiger partial charge < -0.3 is 14.5 Å². The topological polar surface area (TPSA) is 51.5 Å². The number of furan rings is 1. The van der Waals surface area contributed by atoms with Crippen LogP contribution in [-0.2, 0) is 4.79 Å². The van der Waals surface area contributed by atoms with Crippen LogP contribution in [0.1, 0.15) is 12.5 Å². The number of rotatable bonds is 5. The van der Waals surface area contributed by atoms with Crippen LogP contribution in [0.2, 0.25) is 0 Å². The summed E-state index contributed by atoms with van der Waals surface area (Å²) in [5.41, 5.74) is 3.63. The van der Waals surface area contributed by atoms with Crippen LogP contribution in [0.4, 0.5) is 14.5 Å². The van der Waals surface area contributed by atoms with Crippen LogP contribution in [0.15, 0.2) is 89.6 Å². The van der Waals surface area contributed by atoms with Gasteiger partial charge >= 0.3 is 0 Å². The normalized spacial score (nSPS) is 11.7. The molecule has 5 rings (SSSR count). The summed E-state index contributed by atoms with van der Waals surface area (Å²) < 4.78 is 38.8. The van der Waals surface area contributed by atoms with E-state index in [1.54, 1.807) is 19.3 Å². The Hall–Kier alpha value is -4.45. The zero-order chi connectivity index (χ0) is 24.5. The van der Waals surface area contributed by atoms with Gasteiger partial charge in [0.15, 0.2) is 0 Å². The molecule has 5 aromatic rings. The van der Waals surface area contributed by atoms with Gasteiger partial charge in [0.1, 0.15) is 23.0 Å². The molecule has 0 unspecified atom stereocenters. The highest BCUT2D eigenvalue weighted by Crippen LogP contribution is 2.39. The Kier molecular flexibility index (Phi) is 5.79. The van der Waals surface area contributed by atoms with Crippen molar-refractivity contribution in [1.82, 2.24) is 0 Å². The quantitative estimate of drug-likeness (QED) is 0.270. The van der Waals surface area contributed by atoms with Gasteiger partial charge in [-0.1, -0.05) is 42.5 Å². The first-order valence-electron chi connectivity index (χ1n) is 11.0. The molecule has 174 valence electrons. The van der Waals surface area contributed by atoms with Gasteiger partial charge in [0.2, 0.25) is 5.91 Å². The standard InChI is InChI=1S/C29H21F2NO3/c1-17(12-29(33)32-26-13-19(30)10-11-25(26)31)22-14-23-24(16-35-28(23)15-27(22)34-2)21-9-5-7-18-6-3-4-8-20(18)21/h3-16H,1-2H3,(H,32,33)/b17-12+. The molecule has 4 nitrogen and oxygen atoms in total. The number of hydrogen-bond acceptors (Lipinski definition) is 3. The lowest BCUT2D eigenvalue weighted by Gasteiger charge is -2.11. The van der Waals surface area contributed by atoms with Gasteiger partial charge in [0.05, 0.1) is 19.1 Å². The van der Waals surface area contributed by atoms with Gasteiger partial charge in [0, 0.05) is 34.7 Å². The maximum absolute atomic E-state index is 13.9. The molecule has 0 bridgehead atoms. The number of fused-ring (bicyclic) bond motifs is 2. The van der Waals surface area contributed by atoms with Crippen molar-refractivity contribution in [3.05, 3.63) is 102 Å². The number of hydrogen-bond donors (Lipinski definition) is 1. The monoisotopic (exact) mass is 469 g/mol. The average Bonchev–Trinajstić information content (AvgIpc) is 3.27. The van der Waals surface area contributed by atoms with Crippen molar-refractivity contribution in [2.45, 2.75) is 6.92 Å². The van der Waals surface area contributed by atoms with Crippen LogP contribution in [-0.4, -0.2) is 13.0 Å². The maximum Gasteiger partial charge on any atom is 0.248 e. The third-order valence-corrected chi connectivity index (χ3v) is 5.93. The molecule has 1 N–H and O–H groups in total. The maximum atomic E-state index is 13.9. The van der Waals surface area contributed by atoms with Gasteiger partial charge in [-0.3, -0.25) is 4.79 Å². The Morgan fingerprint density at radius 1 is 0.943 bits per heavy atom. The van der Waals surface area contributed by atoms with Crippen molar-refractivity contribution in [1.29, 1.82) is 0 Å². The largest absolute Gasteiger partial charge is 0.496 e. The summed E-state index contributed by atoms with van der Waals surface area (Å²) in [6.07, 6.45) is 3.04. The first-order valence-corrected chi connectivity index (χ1v) is 11.0. The average molecular weight is 469 g/mol. The van der Waals surface area contributed by atoms with E-state index in [2.05, 4.69) is 23.5 Å². The van der Waals surface area contributed by atoms with E-state index in [0.717, 1.165) is 45.5 Å². The molecule has 0 fully saturated rings. The Bertz CT molecular complexity index is 1610. The fourth-order valence-electron chi connectivity index (χ4n) is 4.24. The minimum absolute atomic E-state index is 0.227. The number of anilines is 1. The van der Waals surface area contributed by atoms with E-state index < -0.39 is 17.5 Å². The Morgan fingerprint density at radius 2 is 1.74 bits per heavy atom. The minimum atomic E-state index is -0.720. The molecule has 1 aromatic heterocycles. The molecule has 6 heteroatoms. The molecule has 4 aromatic carbocycles. The number of benzene rings is 4. The first kappa shape index (κ1) is 22.3. The number of ether oxygens (including phenoxy) is 1. The van der Waals surface area contributed by atoms with Gasteiger partial charge in [-0.2, -0.15) is 0 Å². The molecule has 35 heavy (non-hydrogen) atoms. The van der Waals surface area contributed by atoms with Gasteiger partial charge in [0.25, 0.3) is 0 Å². The third kappa shape index (κ3) is 4.26. The second kappa shape index (κ2) is 9.06. The molecule has 0 atom stereocenters. The van der Waals surface area contributed by atoms with Crippen LogP contribution >= 0.6 is 0 Å². The summed E-state index contributed by atoms with van der Waals surface area (Å²) >= 11 is 0. The van der Waals surface area contributed by atoms with Crippen LogP contribution in [0.5, 0.6) is 5.75 Å². The summed E-state index contributed by atoms with van der Waals surface area (Å²) in [5.74, 6) is -1.43. The van der Waals surface area contributed by atoms with Crippen molar-refractivity contribution in [2.75, 3.05) is 12.4 Å². The van der Waals surface area contributed by atoms with Crippen LogP contribution < -0.4 is 10.1 Å². The summed E-state index contributed by atoms with van der Waals surface area (Å²) in [5, 5.41) is 5.46. The summed E-state index contributed by atoms with van der Waals surface area (Å²) in [7, 11) is 1.54. The predicted octanol–water partition coefficient (Wildman–Crippen LogP) is 7.58. The molecule has 0 aliphatic heterocycles. The smallest absolute Gasteiger partial charge is 0.248 e. The second-order valence-electron chi connectivity index (χ2n) is 8.17. The van der Waals surface area contributed by atoms with E-state index in [-0.39, 0.29) is 5.69 Å². The molecular weight excluding hydrogens is 448 g/mol. The molecule has 0 aliphatic rings. The summed E-state index contributed by atoms with van der Waals surface area (Å²) in [6, 6.07) is 20.8. The number of amides is 1. The van der Waals surface area contributed by atoms with Crippen molar-refractivity contribution >= 4 is 38.9 Å². The van der Waals surface area contributed by atoms with E-state index in [4.69, 9.17) is 9.15 Å². The molecule has 0 saturated heterocycles. The molecule has 0 aliphatic carbocycles. The fourth-order valence-corrected chi connectivity index (χ4v) is 4.24. The van der Waals surface area contributed by atoms with Crippen LogP contribution in [0.25, 0.3) is 38.4 Å². The van der Waals surface area contributed by atoms with Gasteiger partial charge in [-0.25, -0.2) is 8.78 Å². The van der Waals surface area contributed by atoms with Crippen molar-refractivity contribution in [2.24, 2.45) is 0 Å². The minimum Gasteiger partial charge on any atom is -0.496 e. The molecule has 1 amide bonds. The van der Waals surface area contributed by atoms with E-state index in [1.165, 1.54) is 13.2 Å². The van der Waals surface area contributed by atoms with E-state index in [9.17, 15) is 13.6 Å². The number of halogens is 2. The van der Waals surface area contributed by atoms with Gasteiger partial charge in [-0.15, -0.1) is 0 Å². The lowest BCUT2D eigenvalue weighted by molar-refractivity contribution is -0.111. The zero-order valence-corrected chi connectivity index (χ0v) is 19.1. The highest BCUT2D eigenvalue weighted by Gasteiger charge is 2.16. The van der Waals surface area contributed by atoms with Gasteiger partial charge in [-0.05, 0) is 47.0 Å². The summed E-state index contributed by atoms with van der Waals surface area (Å²) in [6.45, 7) is 1.75. The Labute approximate surface area is 200 Å². The highest BCUT2D eigenvalue weighted by molar-refractivity contribution is 6.07. The van der Waals surface area contributed by atoms with Crippen molar-refractivity contribution < 1.29 is 22.7 Å². The van der Waals surface area contributed by atoms with E-state index in [1.807, 2.05) is 30.3 Å². The Morgan fingerprint density at radius 3 is 2.57 bits per heavy atom. The van der Waals surface area contributed by atoms with Crippen LogP contribution in [0, 0.1) is 11.6 Å². The van der Waals surface area contributed by atoms with E-state index in [0.29, 0.717) is 22.5 Å². The molecular formula is C29H21F2NO3. The fraction of sp³-hybridized carbons (Fsp3) is 0.0690. The molecule has 0 saturated carbocycles. The summed E-state index contributed by atoms with van der Waals surface area (Å²) in [4.78, 5) is 12.6.